The number of nitrogens with zero attached hydrogens (tertiary/aromatic N) is 2. The van der Waals surface area contributed by atoms with Gasteiger partial charge in [-0.1, -0.05) is 6.07 Å². The molecule has 3 rings (SSSR count). The van der Waals surface area contributed by atoms with Gasteiger partial charge < -0.3 is 5.32 Å². The van der Waals surface area contributed by atoms with E-state index in [1.165, 1.54) is 24.5 Å². The molecule has 0 bridgehead atoms. The van der Waals surface area contributed by atoms with Crippen LogP contribution in [0.25, 0.3) is 10.6 Å². The molecule has 1 amide bonds. The number of nitrogens with one attached hydrogen (secondary N) is 1. The van der Waals surface area contributed by atoms with Crippen molar-refractivity contribution in [3.63, 3.8) is 0 Å². The summed E-state index contributed by atoms with van der Waals surface area (Å²) in [5, 5.41) is 7.19. The number of benzene rings is 1. The van der Waals surface area contributed by atoms with Crippen LogP contribution in [0.15, 0.2) is 57.6 Å². The molecule has 0 radical (unpaired) electrons. The van der Waals surface area contributed by atoms with E-state index in [0.29, 0.717) is 5.69 Å². The maximum absolute atomic E-state index is 12.3. The first-order valence-electron chi connectivity index (χ1n) is 7.26. The number of likely N-dealkylation sites (N-methyl/N-ethyl adjacent to an activating group) is 1. The summed E-state index contributed by atoms with van der Waals surface area (Å²) in [4.78, 5) is 16.4. The van der Waals surface area contributed by atoms with E-state index in [4.69, 9.17) is 0 Å². The molecule has 0 saturated heterocycles. The number of rotatable bonds is 6. The predicted molar refractivity (Wildman–Crippen MR) is 100 cm³/mol. The van der Waals surface area contributed by atoms with Gasteiger partial charge in [0.2, 0.25) is 5.91 Å². The number of thiophene rings is 1. The normalized spacial score (nSPS) is 11.6. The minimum absolute atomic E-state index is 0.218. The Bertz CT molecular complexity index is 934. The molecule has 2 aromatic heterocycles. The van der Waals surface area contributed by atoms with Crippen LogP contribution >= 0.6 is 22.7 Å². The molecule has 130 valence electrons. The summed E-state index contributed by atoms with van der Waals surface area (Å²) in [5.74, 6) is -0.398. The zero-order valence-corrected chi connectivity index (χ0v) is 15.7. The van der Waals surface area contributed by atoms with Gasteiger partial charge in [0.05, 0.1) is 6.54 Å². The van der Waals surface area contributed by atoms with Gasteiger partial charge in [-0.05, 0) is 35.7 Å². The average molecular weight is 394 g/mol. The van der Waals surface area contributed by atoms with Gasteiger partial charge in [0.15, 0.2) is 0 Å². The van der Waals surface area contributed by atoms with Gasteiger partial charge in [-0.3, -0.25) is 4.79 Å². The summed E-state index contributed by atoms with van der Waals surface area (Å²) in [5.41, 5.74) is 1.57. The highest BCUT2D eigenvalue weighted by Crippen LogP contribution is 2.23. The van der Waals surface area contributed by atoms with Crippen molar-refractivity contribution >= 4 is 44.3 Å². The largest absolute Gasteiger partial charge is 0.325 e. The minimum atomic E-state index is -3.64. The van der Waals surface area contributed by atoms with Crippen molar-refractivity contribution in [2.75, 3.05) is 18.9 Å². The van der Waals surface area contributed by atoms with Crippen LogP contribution in [-0.2, 0) is 14.8 Å². The topological polar surface area (TPSA) is 79.4 Å². The average Bonchev–Trinajstić information content (AvgIpc) is 3.29. The van der Waals surface area contributed by atoms with Crippen molar-refractivity contribution in [2.45, 2.75) is 4.21 Å². The molecule has 1 aromatic carbocycles. The number of carbonyl (C=O) groups excluding carboxylic acids is 1. The summed E-state index contributed by atoms with van der Waals surface area (Å²) in [6.07, 6.45) is 1.74. The first kappa shape index (κ1) is 17.7. The molecule has 0 spiro atoms. The zero-order valence-electron chi connectivity index (χ0n) is 13.2. The first-order chi connectivity index (χ1) is 12.0. The second kappa shape index (κ2) is 7.44. The number of hydrogen-bond acceptors (Lipinski definition) is 6. The van der Waals surface area contributed by atoms with E-state index in [-0.39, 0.29) is 10.8 Å². The molecular formula is C16H15N3O3S3. The number of thiazole rings is 1. The predicted octanol–water partition coefficient (Wildman–Crippen LogP) is 3.13. The fourth-order valence-electron chi connectivity index (χ4n) is 2.11. The van der Waals surface area contributed by atoms with Crippen molar-refractivity contribution in [1.82, 2.24) is 9.29 Å². The molecular weight excluding hydrogens is 378 g/mol. The standard InChI is InChI=1S/C16H15N3O3S3/c1-19(25(21,22)15-3-2-9-23-15)11-14(20)18-13-6-4-12(5-7-13)16-17-8-10-24-16/h2-10H,11H2,1H3,(H,18,20). The van der Waals surface area contributed by atoms with E-state index in [1.54, 1.807) is 29.8 Å². The summed E-state index contributed by atoms with van der Waals surface area (Å²) < 4.78 is 25.9. The third-order valence-corrected chi connectivity index (χ3v) is 7.37. The summed E-state index contributed by atoms with van der Waals surface area (Å²) in [6.45, 7) is -0.255. The van der Waals surface area contributed by atoms with Crippen molar-refractivity contribution in [1.29, 1.82) is 0 Å². The van der Waals surface area contributed by atoms with E-state index in [2.05, 4.69) is 10.3 Å². The Balaban J connectivity index is 1.63. The quantitative estimate of drug-likeness (QED) is 0.698. The number of anilines is 1. The molecule has 9 heteroatoms. The van der Waals surface area contributed by atoms with Crippen LogP contribution in [0.4, 0.5) is 5.69 Å². The number of hydrogen-bond donors (Lipinski definition) is 1. The second-order valence-electron chi connectivity index (χ2n) is 5.16. The monoisotopic (exact) mass is 393 g/mol. The molecule has 0 fully saturated rings. The SMILES string of the molecule is CN(CC(=O)Nc1ccc(-c2nccs2)cc1)S(=O)(=O)c1cccs1. The smallest absolute Gasteiger partial charge is 0.252 e. The lowest BCUT2D eigenvalue weighted by Crippen LogP contribution is -2.34. The Morgan fingerprint density at radius 1 is 1.16 bits per heavy atom. The molecule has 0 aliphatic rings. The molecule has 0 atom stereocenters. The molecule has 3 aromatic rings. The van der Waals surface area contributed by atoms with Gasteiger partial charge in [-0.15, -0.1) is 22.7 Å². The lowest BCUT2D eigenvalue weighted by molar-refractivity contribution is -0.116. The first-order valence-corrected chi connectivity index (χ1v) is 10.5. The zero-order chi connectivity index (χ0) is 17.9. The molecule has 0 saturated carbocycles. The number of aromatic nitrogens is 1. The van der Waals surface area contributed by atoms with Crippen molar-refractivity contribution in [3.05, 3.63) is 53.4 Å². The molecule has 1 N–H and O–H groups in total. The van der Waals surface area contributed by atoms with E-state index in [1.807, 2.05) is 17.5 Å². The van der Waals surface area contributed by atoms with Crippen molar-refractivity contribution < 1.29 is 13.2 Å². The maximum Gasteiger partial charge on any atom is 0.252 e. The van der Waals surface area contributed by atoms with Crippen LogP contribution in [0, 0.1) is 0 Å². The molecule has 0 aliphatic heterocycles. The Morgan fingerprint density at radius 2 is 1.92 bits per heavy atom. The summed E-state index contributed by atoms with van der Waals surface area (Å²) in [7, 11) is -2.25. The third-order valence-electron chi connectivity index (χ3n) is 3.37. The number of sulfonamides is 1. The highest BCUT2D eigenvalue weighted by atomic mass is 32.2. The van der Waals surface area contributed by atoms with E-state index in [9.17, 15) is 13.2 Å². The summed E-state index contributed by atoms with van der Waals surface area (Å²) in [6, 6.07) is 10.4. The van der Waals surface area contributed by atoms with Crippen LogP contribution in [0.5, 0.6) is 0 Å². The molecule has 0 aliphatic carbocycles. The number of carbonyl (C=O) groups is 1. The molecule has 2 heterocycles. The fraction of sp³-hybridized carbons (Fsp3) is 0.125. The van der Waals surface area contributed by atoms with Crippen LogP contribution < -0.4 is 5.32 Å². The van der Waals surface area contributed by atoms with Crippen molar-refractivity contribution in [2.24, 2.45) is 0 Å². The van der Waals surface area contributed by atoms with Gasteiger partial charge >= 0.3 is 0 Å². The van der Waals surface area contributed by atoms with Crippen LogP contribution in [0.2, 0.25) is 0 Å². The summed E-state index contributed by atoms with van der Waals surface area (Å²) >= 11 is 2.66. The lowest BCUT2D eigenvalue weighted by atomic mass is 10.2. The van der Waals surface area contributed by atoms with Crippen LogP contribution in [0.1, 0.15) is 0 Å². The van der Waals surface area contributed by atoms with E-state index >= 15 is 0 Å². The third kappa shape index (κ3) is 4.13. The minimum Gasteiger partial charge on any atom is -0.325 e. The molecule has 0 unspecified atom stereocenters. The highest BCUT2D eigenvalue weighted by Gasteiger charge is 2.23. The van der Waals surface area contributed by atoms with Gasteiger partial charge in [0.1, 0.15) is 9.22 Å². The number of amides is 1. The Kier molecular flexibility index (Phi) is 5.28. The van der Waals surface area contributed by atoms with Gasteiger partial charge in [0, 0.05) is 29.9 Å². The van der Waals surface area contributed by atoms with E-state index < -0.39 is 15.9 Å². The van der Waals surface area contributed by atoms with Gasteiger partial charge in [0.25, 0.3) is 10.0 Å². The molecule has 6 nitrogen and oxygen atoms in total. The van der Waals surface area contributed by atoms with Gasteiger partial charge in [-0.25, -0.2) is 13.4 Å². The Hall–Kier alpha value is -2.07. The fourth-order valence-corrected chi connectivity index (χ4v) is 5.09. The Labute approximate surface area is 153 Å². The molecule has 25 heavy (non-hydrogen) atoms. The Morgan fingerprint density at radius 3 is 2.52 bits per heavy atom. The lowest BCUT2D eigenvalue weighted by Gasteiger charge is -2.15. The van der Waals surface area contributed by atoms with Gasteiger partial charge in [-0.2, -0.15) is 4.31 Å². The van der Waals surface area contributed by atoms with E-state index in [0.717, 1.165) is 26.2 Å². The van der Waals surface area contributed by atoms with Crippen molar-refractivity contribution in [3.8, 4) is 10.6 Å². The highest BCUT2D eigenvalue weighted by molar-refractivity contribution is 7.91. The van der Waals surface area contributed by atoms with Crippen LogP contribution in [-0.4, -0.2) is 37.2 Å². The maximum atomic E-state index is 12.3. The second-order valence-corrected chi connectivity index (χ2v) is 9.27. The van der Waals surface area contributed by atoms with Crippen LogP contribution in [0.3, 0.4) is 0 Å².